The molecule has 0 spiro atoms. The number of benzene rings is 1. The van der Waals surface area contributed by atoms with Gasteiger partial charge in [-0.15, -0.1) is 0 Å². The molecule has 0 aliphatic carbocycles. The summed E-state index contributed by atoms with van der Waals surface area (Å²) in [5.41, 5.74) is -0.503. The van der Waals surface area contributed by atoms with E-state index in [0.717, 1.165) is 7.11 Å². The van der Waals surface area contributed by atoms with E-state index in [0.29, 0.717) is 0 Å². The number of fused-ring (bicyclic) bond motifs is 1. The molecular formula is C14H14N2O7. The van der Waals surface area contributed by atoms with Gasteiger partial charge in [0.15, 0.2) is 0 Å². The number of oxime groups is 1. The summed E-state index contributed by atoms with van der Waals surface area (Å²) in [7, 11) is 2.33. The molecule has 1 atom stereocenters. The highest BCUT2D eigenvalue weighted by Crippen LogP contribution is 2.33. The molecule has 0 radical (unpaired) electrons. The minimum Gasteiger partial charge on any atom is -0.451 e. The number of hydroxylamine groups is 1. The SMILES string of the molecule is CON=C(C)C1(ONC(=O)OC)C(=O)Oc2ccccc2C1=O. The number of Topliss-reactive ketones (excluding diaryl/α,β-unsaturated/α-hetero) is 1. The highest BCUT2D eigenvalue weighted by molar-refractivity contribution is 6.34. The average Bonchev–Trinajstić information content (AvgIpc) is 2.55. The van der Waals surface area contributed by atoms with Crippen LogP contribution in [-0.2, 0) is 19.2 Å². The third-order valence-electron chi connectivity index (χ3n) is 3.15. The number of amides is 1. The number of carbonyl (C=O) groups excluding carboxylic acids is 3. The van der Waals surface area contributed by atoms with Gasteiger partial charge in [-0.1, -0.05) is 17.3 Å². The van der Waals surface area contributed by atoms with Crippen molar-refractivity contribution in [1.82, 2.24) is 5.48 Å². The van der Waals surface area contributed by atoms with Crippen molar-refractivity contribution in [2.45, 2.75) is 12.5 Å². The zero-order chi connectivity index (χ0) is 17.0. The number of methoxy groups -OCH3 is 1. The van der Waals surface area contributed by atoms with Crippen molar-refractivity contribution >= 4 is 23.6 Å². The number of rotatable bonds is 4. The number of nitrogens with one attached hydrogen (secondary N) is 1. The average molecular weight is 322 g/mol. The monoisotopic (exact) mass is 322 g/mol. The first-order chi connectivity index (χ1) is 11.0. The van der Waals surface area contributed by atoms with Crippen LogP contribution in [0.15, 0.2) is 29.4 Å². The first-order valence-electron chi connectivity index (χ1n) is 6.43. The van der Waals surface area contributed by atoms with Gasteiger partial charge >= 0.3 is 12.1 Å². The van der Waals surface area contributed by atoms with Crippen molar-refractivity contribution in [3.63, 3.8) is 0 Å². The molecule has 1 aromatic carbocycles. The topological polar surface area (TPSA) is 113 Å². The molecule has 0 aromatic heterocycles. The van der Waals surface area contributed by atoms with Crippen LogP contribution in [-0.4, -0.2) is 43.4 Å². The first kappa shape index (κ1) is 16.4. The third kappa shape index (κ3) is 2.73. The Hall–Kier alpha value is -2.94. The van der Waals surface area contributed by atoms with E-state index in [1.807, 2.05) is 5.48 Å². The molecule has 1 heterocycles. The van der Waals surface area contributed by atoms with E-state index in [4.69, 9.17) is 9.57 Å². The molecule has 0 saturated heterocycles. The predicted molar refractivity (Wildman–Crippen MR) is 75.9 cm³/mol. The van der Waals surface area contributed by atoms with Crippen LogP contribution < -0.4 is 10.2 Å². The maximum Gasteiger partial charge on any atom is 0.431 e. The summed E-state index contributed by atoms with van der Waals surface area (Å²) in [6, 6.07) is 6.12. The standard InChI is InChI=1S/C14H14N2O7/c1-8(15-21-3)14(23-16-13(19)20-2)11(17)9-6-4-5-7-10(9)22-12(14)18/h4-7H,1-3H3,(H,16,19). The van der Waals surface area contributed by atoms with Crippen molar-refractivity contribution in [2.24, 2.45) is 5.16 Å². The smallest absolute Gasteiger partial charge is 0.431 e. The fourth-order valence-electron chi connectivity index (χ4n) is 2.03. The van der Waals surface area contributed by atoms with Crippen molar-refractivity contribution in [3.05, 3.63) is 29.8 Å². The summed E-state index contributed by atoms with van der Waals surface area (Å²) in [6.45, 7) is 1.33. The lowest BCUT2D eigenvalue weighted by Crippen LogP contribution is -2.61. The Bertz CT molecular complexity index is 685. The van der Waals surface area contributed by atoms with Gasteiger partial charge in [0.1, 0.15) is 18.6 Å². The maximum atomic E-state index is 12.8. The third-order valence-corrected chi connectivity index (χ3v) is 3.15. The zero-order valence-electron chi connectivity index (χ0n) is 12.6. The van der Waals surface area contributed by atoms with Gasteiger partial charge in [-0.2, -0.15) is 5.48 Å². The Morgan fingerprint density at radius 3 is 2.61 bits per heavy atom. The second-order valence-electron chi connectivity index (χ2n) is 4.45. The summed E-state index contributed by atoms with van der Waals surface area (Å²) in [5, 5.41) is 3.58. The van der Waals surface area contributed by atoms with Gasteiger partial charge in [0.2, 0.25) is 5.78 Å². The molecule has 0 bridgehead atoms. The van der Waals surface area contributed by atoms with Crippen LogP contribution in [0.5, 0.6) is 5.75 Å². The lowest BCUT2D eigenvalue weighted by Gasteiger charge is -2.32. The highest BCUT2D eigenvalue weighted by atomic mass is 16.7. The molecule has 122 valence electrons. The predicted octanol–water partition coefficient (Wildman–Crippen LogP) is 0.837. The molecule has 1 N–H and O–H groups in total. The summed E-state index contributed by atoms with van der Waals surface area (Å²) < 4.78 is 9.49. The number of esters is 1. The molecule has 1 aliphatic rings. The van der Waals surface area contributed by atoms with E-state index in [2.05, 4.69) is 14.7 Å². The number of carbonyl (C=O) groups is 3. The van der Waals surface area contributed by atoms with E-state index < -0.39 is 23.4 Å². The Morgan fingerprint density at radius 2 is 1.96 bits per heavy atom. The zero-order valence-corrected chi connectivity index (χ0v) is 12.6. The second-order valence-corrected chi connectivity index (χ2v) is 4.45. The van der Waals surface area contributed by atoms with Crippen molar-refractivity contribution < 1.29 is 33.5 Å². The Balaban J connectivity index is 2.52. The largest absolute Gasteiger partial charge is 0.451 e. The summed E-state index contributed by atoms with van der Waals surface area (Å²) in [5.74, 6) is -1.72. The number of ketones is 1. The molecule has 9 nitrogen and oxygen atoms in total. The van der Waals surface area contributed by atoms with E-state index in [1.165, 1.54) is 26.2 Å². The van der Waals surface area contributed by atoms with Gasteiger partial charge < -0.3 is 14.3 Å². The molecular weight excluding hydrogens is 308 g/mol. The van der Waals surface area contributed by atoms with Gasteiger partial charge in [-0.05, 0) is 19.1 Å². The first-order valence-corrected chi connectivity index (χ1v) is 6.43. The number of hydrogen-bond donors (Lipinski definition) is 1. The lowest BCUT2D eigenvalue weighted by atomic mass is 9.86. The van der Waals surface area contributed by atoms with Crippen LogP contribution in [0.1, 0.15) is 17.3 Å². The van der Waals surface area contributed by atoms with E-state index >= 15 is 0 Å². The molecule has 1 amide bonds. The van der Waals surface area contributed by atoms with Crippen LogP contribution in [0.4, 0.5) is 4.79 Å². The number of hydrogen-bond acceptors (Lipinski definition) is 8. The second kappa shape index (κ2) is 6.44. The van der Waals surface area contributed by atoms with E-state index in [1.54, 1.807) is 12.1 Å². The summed E-state index contributed by atoms with van der Waals surface area (Å²) in [6.07, 6.45) is -1.01. The molecule has 1 aromatic rings. The maximum absolute atomic E-state index is 12.8. The Morgan fingerprint density at radius 1 is 1.26 bits per heavy atom. The minimum absolute atomic E-state index is 0.0880. The Kier molecular flexibility index (Phi) is 4.60. The number of ether oxygens (including phenoxy) is 2. The normalized spacial score (nSPS) is 20.4. The lowest BCUT2D eigenvalue weighted by molar-refractivity contribution is -0.155. The fourth-order valence-corrected chi connectivity index (χ4v) is 2.03. The van der Waals surface area contributed by atoms with Crippen LogP contribution in [0.25, 0.3) is 0 Å². The van der Waals surface area contributed by atoms with Gasteiger partial charge in [-0.3, -0.25) is 4.79 Å². The summed E-state index contributed by atoms with van der Waals surface area (Å²) in [4.78, 5) is 46.1. The number of nitrogens with zero attached hydrogens (tertiary/aromatic N) is 1. The van der Waals surface area contributed by atoms with Gasteiger partial charge in [0.25, 0.3) is 5.60 Å². The van der Waals surface area contributed by atoms with Crippen molar-refractivity contribution in [3.8, 4) is 5.75 Å². The van der Waals surface area contributed by atoms with Crippen LogP contribution >= 0.6 is 0 Å². The molecule has 2 rings (SSSR count). The van der Waals surface area contributed by atoms with Gasteiger partial charge in [0, 0.05) is 0 Å². The molecule has 9 heteroatoms. The van der Waals surface area contributed by atoms with Gasteiger partial charge in [0.05, 0.1) is 12.7 Å². The molecule has 0 saturated carbocycles. The molecule has 1 unspecified atom stereocenters. The highest BCUT2D eigenvalue weighted by Gasteiger charge is 2.57. The molecule has 23 heavy (non-hydrogen) atoms. The number of para-hydroxylation sites is 1. The quantitative estimate of drug-likeness (QED) is 0.287. The fraction of sp³-hybridized carbons (Fsp3) is 0.286. The minimum atomic E-state index is -2.31. The van der Waals surface area contributed by atoms with Crippen molar-refractivity contribution in [2.75, 3.05) is 14.2 Å². The van der Waals surface area contributed by atoms with Crippen LogP contribution in [0.2, 0.25) is 0 Å². The van der Waals surface area contributed by atoms with E-state index in [-0.39, 0.29) is 17.0 Å². The van der Waals surface area contributed by atoms with Crippen molar-refractivity contribution in [1.29, 1.82) is 0 Å². The van der Waals surface area contributed by atoms with Crippen LogP contribution in [0, 0.1) is 0 Å². The Labute approximate surface area is 131 Å². The van der Waals surface area contributed by atoms with Gasteiger partial charge in [-0.25, -0.2) is 14.4 Å². The molecule has 0 fully saturated rings. The molecule has 1 aliphatic heterocycles. The van der Waals surface area contributed by atoms with E-state index in [9.17, 15) is 14.4 Å². The summed E-state index contributed by atoms with van der Waals surface area (Å²) >= 11 is 0. The van der Waals surface area contributed by atoms with Crippen LogP contribution in [0.3, 0.4) is 0 Å².